The van der Waals surface area contributed by atoms with Crippen LogP contribution in [0.25, 0.3) is 0 Å². The summed E-state index contributed by atoms with van der Waals surface area (Å²) in [6.45, 7) is 3.88. The van der Waals surface area contributed by atoms with E-state index in [9.17, 15) is 9.90 Å². The van der Waals surface area contributed by atoms with E-state index in [1.165, 1.54) is 0 Å². The Bertz CT molecular complexity index is 521. The smallest absolute Gasteiger partial charge is 0.320 e. The first-order chi connectivity index (χ1) is 10.1. The van der Waals surface area contributed by atoms with E-state index < -0.39 is 5.97 Å². The summed E-state index contributed by atoms with van der Waals surface area (Å²) in [6, 6.07) is 3.49. The number of methoxy groups -OCH3 is 1. The summed E-state index contributed by atoms with van der Waals surface area (Å²) in [7, 11) is 1.60. The van der Waals surface area contributed by atoms with Crippen LogP contribution in [0.3, 0.4) is 0 Å². The molecule has 116 valence electrons. The van der Waals surface area contributed by atoms with Gasteiger partial charge in [-0.2, -0.15) is 0 Å². The van der Waals surface area contributed by atoms with Gasteiger partial charge < -0.3 is 14.6 Å². The molecule has 0 amide bonds. The van der Waals surface area contributed by atoms with E-state index in [2.05, 4.69) is 15.9 Å². The molecule has 1 fully saturated rings. The third kappa shape index (κ3) is 3.68. The van der Waals surface area contributed by atoms with Crippen LogP contribution in [0.4, 0.5) is 0 Å². The number of halogens is 1. The number of hydrogen-bond donors (Lipinski definition) is 1. The lowest BCUT2D eigenvalue weighted by atomic mass is 10.1. The Morgan fingerprint density at radius 3 is 2.90 bits per heavy atom. The minimum atomic E-state index is -0.746. The molecule has 1 heterocycles. The molecule has 5 nitrogen and oxygen atoms in total. The summed E-state index contributed by atoms with van der Waals surface area (Å²) in [5.74, 6) is 0.594. The Labute approximate surface area is 133 Å². The summed E-state index contributed by atoms with van der Waals surface area (Å²) < 4.78 is 11.8. The lowest BCUT2D eigenvalue weighted by Crippen LogP contribution is -2.35. The topological polar surface area (TPSA) is 59.0 Å². The van der Waals surface area contributed by atoms with E-state index in [1.54, 1.807) is 7.11 Å². The summed E-state index contributed by atoms with van der Waals surface area (Å²) in [5, 5.41) is 9.24. The van der Waals surface area contributed by atoms with Crippen LogP contribution in [-0.4, -0.2) is 42.3 Å². The second kappa shape index (κ2) is 7.13. The molecular formula is C15H20BrNO4. The Hall–Kier alpha value is -1.27. The number of ether oxygens (including phenoxy) is 2. The third-order valence-corrected chi connectivity index (χ3v) is 4.20. The molecule has 0 radical (unpaired) electrons. The molecule has 1 unspecified atom stereocenters. The van der Waals surface area contributed by atoms with Crippen molar-refractivity contribution in [3.8, 4) is 11.5 Å². The first kappa shape index (κ1) is 16.1. The predicted molar refractivity (Wildman–Crippen MR) is 82.9 cm³/mol. The molecule has 2 rings (SSSR count). The molecule has 1 N–H and O–H groups in total. The Balaban J connectivity index is 2.20. The van der Waals surface area contributed by atoms with Crippen LogP contribution in [-0.2, 0) is 11.3 Å². The summed E-state index contributed by atoms with van der Waals surface area (Å²) in [5.41, 5.74) is 1.01. The number of carbonyl (C=O) groups is 1. The van der Waals surface area contributed by atoms with E-state index in [1.807, 2.05) is 24.0 Å². The number of aliphatic carboxylic acids is 1. The maximum absolute atomic E-state index is 11.2. The quantitative estimate of drug-likeness (QED) is 0.848. The van der Waals surface area contributed by atoms with Gasteiger partial charge in [-0.15, -0.1) is 0 Å². The third-order valence-electron chi connectivity index (χ3n) is 3.61. The van der Waals surface area contributed by atoms with Gasteiger partial charge in [0.1, 0.15) is 6.04 Å². The molecule has 0 bridgehead atoms. The van der Waals surface area contributed by atoms with E-state index in [0.29, 0.717) is 31.1 Å². The first-order valence-electron chi connectivity index (χ1n) is 7.02. The van der Waals surface area contributed by atoms with Gasteiger partial charge in [0.15, 0.2) is 11.5 Å². The second-order valence-electron chi connectivity index (χ2n) is 5.01. The molecule has 1 aromatic carbocycles. The largest absolute Gasteiger partial charge is 0.493 e. The zero-order chi connectivity index (χ0) is 15.4. The van der Waals surface area contributed by atoms with Crippen LogP contribution in [0.1, 0.15) is 25.3 Å². The Kier molecular flexibility index (Phi) is 5.47. The van der Waals surface area contributed by atoms with Crippen molar-refractivity contribution in [3.05, 3.63) is 22.2 Å². The standard InChI is InChI=1S/C15H20BrNO4/c1-3-21-14-11(16)7-10(8-13(14)20-2)9-17-6-4-5-12(17)15(18)19/h7-8,12H,3-6,9H2,1-2H3,(H,18,19). The number of benzene rings is 1. The van der Waals surface area contributed by atoms with Crippen molar-refractivity contribution in [2.75, 3.05) is 20.3 Å². The highest BCUT2D eigenvalue weighted by atomic mass is 79.9. The molecule has 1 aliphatic rings. The van der Waals surface area contributed by atoms with Crippen LogP contribution in [0.15, 0.2) is 16.6 Å². The fourth-order valence-electron chi connectivity index (χ4n) is 2.68. The van der Waals surface area contributed by atoms with Crippen molar-refractivity contribution >= 4 is 21.9 Å². The van der Waals surface area contributed by atoms with Crippen molar-refractivity contribution in [1.29, 1.82) is 0 Å². The fourth-order valence-corrected chi connectivity index (χ4v) is 3.28. The molecule has 1 atom stereocenters. The average molecular weight is 358 g/mol. The molecule has 1 saturated heterocycles. The minimum absolute atomic E-state index is 0.388. The first-order valence-corrected chi connectivity index (χ1v) is 7.82. The van der Waals surface area contributed by atoms with Gasteiger partial charge in [-0.05, 0) is 59.9 Å². The van der Waals surface area contributed by atoms with Crippen molar-refractivity contribution in [1.82, 2.24) is 4.90 Å². The summed E-state index contributed by atoms with van der Waals surface area (Å²) >= 11 is 3.49. The SMILES string of the molecule is CCOc1c(Br)cc(CN2CCCC2C(=O)O)cc1OC. The highest BCUT2D eigenvalue weighted by Gasteiger charge is 2.30. The highest BCUT2D eigenvalue weighted by Crippen LogP contribution is 2.37. The average Bonchev–Trinajstić information content (AvgIpc) is 2.89. The molecule has 0 spiro atoms. The maximum Gasteiger partial charge on any atom is 0.320 e. The zero-order valence-electron chi connectivity index (χ0n) is 12.3. The fraction of sp³-hybridized carbons (Fsp3) is 0.533. The van der Waals surface area contributed by atoms with Crippen molar-refractivity contribution in [3.63, 3.8) is 0 Å². The number of hydrogen-bond acceptors (Lipinski definition) is 4. The lowest BCUT2D eigenvalue weighted by Gasteiger charge is -2.22. The minimum Gasteiger partial charge on any atom is -0.493 e. The maximum atomic E-state index is 11.2. The van der Waals surface area contributed by atoms with Crippen molar-refractivity contribution < 1.29 is 19.4 Å². The summed E-state index contributed by atoms with van der Waals surface area (Å²) in [4.78, 5) is 13.2. The van der Waals surface area contributed by atoms with Gasteiger partial charge in [-0.3, -0.25) is 9.69 Å². The van der Waals surface area contributed by atoms with Crippen LogP contribution in [0.5, 0.6) is 11.5 Å². The lowest BCUT2D eigenvalue weighted by molar-refractivity contribution is -0.142. The van der Waals surface area contributed by atoms with Crippen LogP contribution in [0, 0.1) is 0 Å². The zero-order valence-corrected chi connectivity index (χ0v) is 13.9. The molecule has 0 saturated carbocycles. The molecule has 0 aliphatic carbocycles. The molecule has 1 aliphatic heterocycles. The van der Waals surface area contributed by atoms with Crippen molar-refractivity contribution in [2.24, 2.45) is 0 Å². The number of carboxylic acids is 1. The monoisotopic (exact) mass is 357 g/mol. The van der Waals surface area contributed by atoms with E-state index in [0.717, 1.165) is 23.0 Å². The normalized spacial score (nSPS) is 18.7. The molecule has 1 aromatic rings. The van der Waals surface area contributed by atoms with Gasteiger partial charge >= 0.3 is 5.97 Å². The number of carboxylic acid groups (broad SMARTS) is 1. The number of nitrogens with zero attached hydrogens (tertiary/aromatic N) is 1. The predicted octanol–water partition coefficient (Wildman–Crippen LogP) is 2.91. The van der Waals surface area contributed by atoms with E-state index in [4.69, 9.17) is 9.47 Å². The molecular weight excluding hydrogens is 338 g/mol. The Morgan fingerprint density at radius 2 is 2.29 bits per heavy atom. The van der Waals surface area contributed by atoms with Crippen molar-refractivity contribution in [2.45, 2.75) is 32.4 Å². The van der Waals surface area contributed by atoms with Crippen LogP contribution in [0.2, 0.25) is 0 Å². The van der Waals surface area contributed by atoms with E-state index >= 15 is 0 Å². The van der Waals surface area contributed by atoms with Crippen LogP contribution >= 0.6 is 15.9 Å². The number of likely N-dealkylation sites (tertiary alicyclic amines) is 1. The Morgan fingerprint density at radius 1 is 1.52 bits per heavy atom. The highest BCUT2D eigenvalue weighted by molar-refractivity contribution is 9.10. The molecule has 21 heavy (non-hydrogen) atoms. The van der Waals surface area contributed by atoms with Gasteiger partial charge in [0.05, 0.1) is 18.2 Å². The van der Waals surface area contributed by atoms with Gasteiger partial charge in [0.2, 0.25) is 0 Å². The van der Waals surface area contributed by atoms with Gasteiger partial charge in [0, 0.05) is 6.54 Å². The van der Waals surface area contributed by atoms with Gasteiger partial charge in [0.25, 0.3) is 0 Å². The van der Waals surface area contributed by atoms with Gasteiger partial charge in [-0.25, -0.2) is 0 Å². The van der Waals surface area contributed by atoms with Crippen LogP contribution < -0.4 is 9.47 Å². The van der Waals surface area contributed by atoms with Gasteiger partial charge in [-0.1, -0.05) is 0 Å². The second-order valence-corrected chi connectivity index (χ2v) is 5.86. The van der Waals surface area contributed by atoms with E-state index in [-0.39, 0.29) is 6.04 Å². The molecule has 0 aromatic heterocycles. The molecule has 6 heteroatoms. The number of rotatable bonds is 6. The summed E-state index contributed by atoms with van der Waals surface area (Å²) in [6.07, 6.45) is 1.64.